The van der Waals surface area contributed by atoms with Crippen LogP contribution in [0.25, 0.3) is 11.4 Å². The molecule has 0 radical (unpaired) electrons. The van der Waals surface area contributed by atoms with Crippen molar-refractivity contribution >= 4 is 5.82 Å². The maximum absolute atomic E-state index is 4.61. The molecule has 1 aromatic heterocycles. The third kappa shape index (κ3) is 2.00. The van der Waals surface area contributed by atoms with Gasteiger partial charge in [0.25, 0.3) is 0 Å². The molecule has 0 amide bonds. The quantitative estimate of drug-likeness (QED) is 0.786. The van der Waals surface area contributed by atoms with Gasteiger partial charge in [0.05, 0.1) is 0 Å². The van der Waals surface area contributed by atoms with Gasteiger partial charge in [-0.15, -0.1) is 0 Å². The lowest BCUT2D eigenvalue weighted by Crippen LogP contribution is -2.45. The van der Waals surface area contributed by atoms with E-state index in [1.54, 1.807) is 0 Å². The normalized spacial score (nSPS) is 15.7. The van der Waals surface area contributed by atoms with E-state index in [9.17, 15) is 0 Å². The van der Waals surface area contributed by atoms with Crippen molar-refractivity contribution in [2.24, 2.45) is 5.92 Å². The van der Waals surface area contributed by atoms with E-state index < -0.39 is 0 Å². The Balaban J connectivity index is 1.89. The van der Waals surface area contributed by atoms with Crippen LogP contribution in [0, 0.1) is 5.92 Å². The standard InChI is InChI=1S/C14H15N3/c1-11-9-17(10-11)13-7-8-15-14(16-13)12-5-3-2-4-6-12/h2-8,11H,9-10H2,1H3. The third-order valence-electron chi connectivity index (χ3n) is 3.06. The van der Waals surface area contributed by atoms with Gasteiger partial charge >= 0.3 is 0 Å². The monoisotopic (exact) mass is 225 g/mol. The lowest BCUT2D eigenvalue weighted by molar-refractivity contribution is 0.443. The highest BCUT2D eigenvalue weighted by molar-refractivity contribution is 5.57. The van der Waals surface area contributed by atoms with E-state index >= 15 is 0 Å². The van der Waals surface area contributed by atoms with Crippen LogP contribution in [0.4, 0.5) is 5.82 Å². The van der Waals surface area contributed by atoms with Crippen molar-refractivity contribution in [3.05, 3.63) is 42.6 Å². The number of anilines is 1. The van der Waals surface area contributed by atoms with Gasteiger partial charge in [-0.2, -0.15) is 0 Å². The summed E-state index contributed by atoms with van der Waals surface area (Å²) in [5.74, 6) is 2.63. The van der Waals surface area contributed by atoms with Crippen LogP contribution < -0.4 is 4.90 Å². The van der Waals surface area contributed by atoms with E-state index in [1.165, 1.54) is 0 Å². The summed E-state index contributed by atoms with van der Waals surface area (Å²) in [6, 6.07) is 12.1. The van der Waals surface area contributed by atoms with Crippen molar-refractivity contribution in [1.82, 2.24) is 9.97 Å². The summed E-state index contributed by atoms with van der Waals surface area (Å²) in [5.41, 5.74) is 1.07. The van der Waals surface area contributed by atoms with E-state index in [0.29, 0.717) is 0 Å². The van der Waals surface area contributed by atoms with Gasteiger partial charge in [-0.1, -0.05) is 37.3 Å². The molecule has 0 saturated carbocycles. The molecule has 2 aromatic rings. The number of hydrogen-bond donors (Lipinski definition) is 0. The van der Waals surface area contributed by atoms with Gasteiger partial charge < -0.3 is 4.90 Å². The molecule has 86 valence electrons. The summed E-state index contributed by atoms with van der Waals surface area (Å²) in [5, 5.41) is 0. The van der Waals surface area contributed by atoms with Gasteiger partial charge in [0.1, 0.15) is 5.82 Å². The van der Waals surface area contributed by atoms with Crippen LogP contribution in [0.1, 0.15) is 6.92 Å². The zero-order valence-electron chi connectivity index (χ0n) is 9.87. The first-order valence-electron chi connectivity index (χ1n) is 5.96. The average molecular weight is 225 g/mol. The maximum atomic E-state index is 4.61. The molecule has 1 saturated heterocycles. The Hall–Kier alpha value is -1.90. The minimum absolute atomic E-state index is 0.783. The van der Waals surface area contributed by atoms with Crippen LogP contribution >= 0.6 is 0 Å². The van der Waals surface area contributed by atoms with E-state index in [4.69, 9.17) is 0 Å². The number of hydrogen-bond acceptors (Lipinski definition) is 3. The second kappa shape index (κ2) is 4.17. The molecule has 2 heterocycles. The topological polar surface area (TPSA) is 29.0 Å². The molecule has 3 nitrogen and oxygen atoms in total. The van der Waals surface area contributed by atoms with Crippen LogP contribution in [0.5, 0.6) is 0 Å². The van der Waals surface area contributed by atoms with E-state index in [0.717, 1.165) is 36.2 Å². The van der Waals surface area contributed by atoms with E-state index in [1.807, 2.05) is 42.6 Å². The molecule has 0 N–H and O–H groups in total. The van der Waals surface area contributed by atoms with Crippen molar-refractivity contribution in [2.75, 3.05) is 18.0 Å². The van der Waals surface area contributed by atoms with Crippen LogP contribution in [0.2, 0.25) is 0 Å². The molecule has 0 bridgehead atoms. The lowest BCUT2D eigenvalue weighted by atomic mass is 10.0. The SMILES string of the molecule is CC1CN(c2ccnc(-c3ccccc3)n2)C1. The van der Waals surface area contributed by atoms with Gasteiger partial charge in [0.2, 0.25) is 0 Å². The Morgan fingerprint density at radius 3 is 2.59 bits per heavy atom. The molecule has 17 heavy (non-hydrogen) atoms. The number of aromatic nitrogens is 2. The third-order valence-corrected chi connectivity index (χ3v) is 3.06. The summed E-state index contributed by atoms with van der Waals surface area (Å²) in [4.78, 5) is 11.2. The largest absolute Gasteiger partial charge is 0.356 e. The molecule has 1 aliphatic rings. The van der Waals surface area contributed by atoms with E-state index in [2.05, 4.69) is 21.8 Å². The molecule has 1 aromatic carbocycles. The predicted molar refractivity (Wildman–Crippen MR) is 68.8 cm³/mol. The minimum atomic E-state index is 0.783. The zero-order chi connectivity index (χ0) is 11.7. The fourth-order valence-electron chi connectivity index (χ4n) is 2.14. The summed E-state index contributed by atoms with van der Waals surface area (Å²) in [7, 11) is 0. The summed E-state index contributed by atoms with van der Waals surface area (Å²) in [6.45, 7) is 4.46. The van der Waals surface area contributed by atoms with Crippen molar-refractivity contribution in [1.29, 1.82) is 0 Å². The fraction of sp³-hybridized carbons (Fsp3) is 0.286. The molecule has 1 aliphatic heterocycles. The Bertz CT molecular complexity index is 504. The number of benzene rings is 1. The van der Waals surface area contributed by atoms with Crippen molar-refractivity contribution in [2.45, 2.75) is 6.92 Å². The first-order chi connectivity index (χ1) is 8.33. The number of rotatable bonds is 2. The average Bonchev–Trinajstić information content (AvgIpc) is 2.36. The smallest absolute Gasteiger partial charge is 0.161 e. The van der Waals surface area contributed by atoms with Crippen LogP contribution in [-0.2, 0) is 0 Å². The molecular weight excluding hydrogens is 210 g/mol. The molecule has 3 heteroatoms. The van der Waals surface area contributed by atoms with Crippen LogP contribution in [0.15, 0.2) is 42.6 Å². The maximum Gasteiger partial charge on any atom is 0.161 e. The van der Waals surface area contributed by atoms with E-state index in [-0.39, 0.29) is 0 Å². The Kier molecular flexibility index (Phi) is 2.52. The molecular formula is C14H15N3. The van der Waals surface area contributed by atoms with Gasteiger partial charge in [-0.05, 0) is 12.0 Å². The first kappa shape index (κ1) is 10.3. The number of nitrogens with zero attached hydrogens (tertiary/aromatic N) is 3. The molecule has 0 spiro atoms. The molecule has 0 atom stereocenters. The molecule has 1 fully saturated rings. The molecule has 0 aliphatic carbocycles. The highest BCUT2D eigenvalue weighted by atomic mass is 15.2. The van der Waals surface area contributed by atoms with Gasteiger partial charge in [-0.3, -0.25) is 0 Å². The van der Waals surface area contributed by atoms with Crippen LogP contribution in [0.3, 0.4) is 0 Å². The lowest BCUT2D eigenvalue weighted by Gasteiger charge is -2.38. The second-order valence-corrected chi connectivity index (χ2v) is 4.61. The molecule has 0 unspecified atom stereocenters. The van der Waals surface area contributed by atoms with Gasteiger partial charge in [-0.25, -0.2) is 9.97 Å². The summed E-state index contributed by atoms with van der Waals surface area (Å²) < 4.78 is 0. The Labute approximate surface area is 101 Å². The minimum Gasteiger partial charge on any atom is -0.356 e. The Morgan fingerprint density at radius 2 is 1.88 bits per heavy atom. The highest BCUT2D eigenvalue weighted by Crippen LogP contribution is 2.23. The Morgan fingerprint density at radius 1 is 1.12 bits per heavy atom. The van der Waals surface area contributed by atoms with Crippen molar-refractivity contribution in [3.8, 4) is 11.4 Å². The van der Waals surface area contributed by atoms with Crippen LogP contribution in [-0.4, -0.2) is 23.1 Å². The predicted octanol–water partition coefficient (Wildman–Crippen LogP) is 2.60. The second-order valence-electron chi connectivity index (χ2n) is 4.61. The van der Waals surface area contributed by atoms with Gasteiger partial charge in [0.15, 0.2) is 5.82 Å². The van der Waals surface area contributed by atoms with Crippen molar-refractivity contribution < 1.29 is 0 Å². The fourth-order valence-corrected chi connectivity index (χ4v) is 2.14. The highest BCUT2D eigenvalue weighted by Gasteiger charge is 2.23. The first-order valence-corrected chi connectivity index (χ1v) is 5.96. The summed E-state index contributed by atoms with van der Waals surface area (Å²) >= 11 is 0. The zero-order valence-corrected chi connectivity index (χ0v) is 9.87. The van der Waals surface area contributed by atoms with Gasteiger partial charge in [0, 0.05) is 24.8 Å². The summed E-state index contributed by atoms with van der Waals surface area (Å²) in [6.07, 6.45) is 1.84. The molecule has 3 rings (SSSR count). The van der Waals surface area contributed by atoms with Crippen molar-refractivity contribution in [3.63, 3.8) is 0 Å².